The molecule has 0 spiro atoms. The highest BCUT2D eigenvalue weighted by Crippen LogP contribution is 2.17. The highest BCUT2D eigenvalue weighted by Gasteiger charge is 2.28. The fraction of sp³-hybridized carbons (Fsp3) is 0.615. The van der Waals surface area contributed by atoms with Crippen LogP contribution in [0, 0.1) is 12.8 Å². The molecule has 20 heavy (non-hydrogen) atoms. The Balaban J connectivity index is 3.03. The zero-order valence-electron chi connectivity index (χ0n) is 12.6. The lowest BCUT2D eigenvalue weighted by atomic mass is 10.0. The quantitative estimate of drug-likeness (QED) is 0.775. The smallest absolute Gasteiger partial charge is 0.328 e. The minimum atomic E-state index is -0.715. The second-order valence-corrected chi connectivity index (χ2v) is 4.88. The summed E-state index contributed by atoms with van der Waals surface area (Å²) < 4.78 is 6.22. The Hall–Kier alpha value is -2.05. The van der Waals surface area contributed by atoms with Crippen molar-refractivity contribution in [3.63, 3.8) is 0 Å². The Morgan fingerprint density at radius 1 is 1.45 bits per heavy atom. The maximum Gasteiger partial charge on any atom is 0.328 e. The minimum Gasteiger partial charge on any atom is -0.467 e. The van der Waals surface area contributed by atoms with Crippen molar-refractivity contribution < 1.29 is 14.3 Å². The van der Waals surface area contributed by atoms with Crippen molar-refractivity contribution in [2.75, 3.05) is 12.8 Å². The Morgan fingerprint density at radius 2 is 2.05 bits per heavy atom. The lowest BCUT2D eigenvalue weighted by Crippen LogP contribution is -2.45. The summed E-state index contributed by atoms with van der Waals surface area (Å²) in [7, 11) is 1.29. The lowest BCUT2D eigenvalue weighted by molar-refractivity contribution is -0.144. The summed E-state index contributed by atoms with van der Waals surface area (Å²) in [6, 6.07) is -0.715. The van der Waals surface area contributed by atoms with Gasteiger partial charge < -0.3 is 15.8 Å². The van der Waals surface area contributed by atoms with Crippen LogP contribution in [0.15, 0.2) is 0 Å². The van der Waals surface area contributed by atoms with Crippen molar-refractivity contribution in [3.05, 3.63) is 11.4 Å². The molecule has 0 aliphatic heterocycles. The van der Waals surface area contributed by atoms with Crippen LogP contribution in [0.1, 0.15) is 37.0 Å². The largest absolute Gasteiger partial charge is 0.467 e. The predicted molar refractivity (Wildman–Crippen MR) is 75.2 cm³/mol. The predicted octanol–water partition coefficient (Wildman–Crippen LogP) is 0.721. The van der Waals surface area contributed by atoms with E-state index in [1.54, 1.807) is 6.92 Å². The number of esters is 1. The molecule has 112 valence electrons. The summed E-state index contributed by atoms with van der Waals surface area (Å²) in [5.74, 6) is -0.994. The summed E-state index contributed by atoms with van der Waals surface area (Å²) in [6.45, 7) is 7.77. The molecule has 1 aromatic heterocycles. The van der Waals surface area contributed by atoms with Gasteiger partial charge in [0.25, 0.3) is 5.91 Å². The second-order valence-electron chi connectivity index (χ2n) is 4.88. The second kappa shape index (κ2) is 6.40. The number of aromatic nitrogens is 2. The number of aryl methyl sites for hydroxylation is 2. The number of nitrogens with zero attached hydrogens (tertiary/aromatic N) is 2. The van der Waals surface area contributed by atoms with E-state index in [1.807, 2.05) is 20.8 Å². The number of methoxy groups -OCH3 is 1. The average Bonchev–Trinajstić information content (AvgIpc) is 2.70. The molecule has 7 nitrogen and oxygen atoms in total. The van der Waals surface area contributed by atoms with Gasteiger partial charge in [0.2, 0.25) is 0 Å². The van der Waals surface area contributed by atoms with Gasteiger partial charge in [0, 0.05) is 6.54 Å². The molecule has 0 saturated carbocycles. The molecule has 0 aliphatic carbocycles. The summed E-state index contributed by atoms with van der Waals surface area (Å²) >= 11 is 0. The Kier molecular flexibility index (Phi) is 5.12. The molecule has 0 radical (unpaired) electrons. The van der Waals surface area contributed by atoms with E-state index >= 15 is 0 Å². The van der Waals surface area contributed by atoms with Crippen molar-refractivity contribution in [1.29, 1.82) is 0 Å². The molecule has 1 unspecified atom stereocenters. The van der Waals surface area contributed by atoms with Gasteiger partial charge in [-0.2, -0.15) is 5.10 Å². The van der Waals surface area contributed by atoms with Gasteiger partial charge in [-0.15, -0.1) is 0 Å². The SMILES string of the molecule is CCn1nc(C)c(N)c1C(=O)NC(C(=O)OC)C(C)C. The maximum absolute atomic E-state index is 12.3. The fourth-order valence-electron chi connectivity index (χ4n) is 1.90. The Bertz CT molecular complexity index is 508. The van der Waals surface area contributed by atoms with E-state index in [0.29, 0.717) is 17.9 Å². The molecule has 1 aromatic rings. The number of hydrogen-bond acceptors (Lipinski definition) is 5. The van der Waals surface area contributed by atoms with Crippen molar-refractivity contribution in [2.24, 2.45) is 5.92 Å². The van der Waals surface area contributed by atoms with Crippen LogP contribution < -0.4 is 11.1 Å². The first-order valence-electron chi connectivity index (χ1n) is 6.55. The molecule has 0 saturated heterocycles. The molecule has 0 fully saturated rings. The van der Waals surface area contributed by atoms with Gasteiger partial charge in [0.05, 0.1) is 18.5 Å². The normalized spacial score (nSPS) is 12.3. The van der Waals surface area contributed by atoms with Gasteiger partial charge in [-0.25, -0.2) is 4.79 Å². The first-order chi connectivity index (χ1) is 9.33. The molecule has 1 amide bonds. The van der Waals surface area contributed by atoms with E-state index in [9.17, 15) is 9.59 Å². The third-order valence-corrected chi connectivity index (χ3v) is 3.10. The van der Waals surface area contributed by atoms with Crippen LogP contribution in [0.2, 0.25) is 0 Å². The molecule has 1 rings (SSSR count). The van der Waals surface area contributed by atoms with Crippen molar-refractivity contribution in [2.45, 2.75) is 40.3 Å². The molecule has 1 heterocycles. The van der Waals surface area contributed by atoms with E-state index in [2.05, 4.69) is 10.4 Å². The van der Waals surface area contributed by atoms with Crippen LogP contribution in [0.5, 0.6) is 0 Å². The molecule has 3 N–H and O–H groups in total. The molecule has 0 aliphatic rings. The maximum atomic E-state index is 12.3. The zero-order valence-corrected chi connectivity index (χ0v) is 12.6. The van der Waals surface area contributed by atoms with E-state index < -0.39 is 17.9 Å². The van der Waals surface area contributed by atoms with Gasteiger partial charge in [0.15, 0.2) is 0 Å². The molecule has 1 atom stereocenters. The van der Waals surface area contributed by atoms with Crippen LogP contribution in [0.25, 0.3) is 0 Å². The Labute approximate surface area is 118 Å². The number of ether oxygens (including phenoxy) is 1. The number of anilines is 1. The van der Waals surface area contributed by atoms with Crippen molar-refractivity contribution in [1.82, 2.24) is 15.1 Å². The van der Waals surface area contributed by atoms with Crippen molar-refractivity contribution in [3.8, 4) is 0 Å². The van der Waals surface area contributed by atoms with E-state index in [1.165, 1.54) is 11.8 Å². The highest BCUT2D eigenvalue weighted by atomic mass is 16.5. The van der Waals surface area contributed by atoms with Crippen molar-refractivity contribution >= 4 is 17.6 Å². The molecule has 0 bridgehead atoms. The van der Waals surface area contributed by atoms with Gasteiger partial charge in [0.1, 0.15) is 11.7 Å². The van der Waals surface area contributed by atoms with Crippen LogP contribution in [-0.4, -0.2) is 34.8 Å². The number of nitrogens with two attached hydrogens (primary N) is 1. The van der Waals surface area contributed by atoms with Gasteiger partial charge in [-0.3, -0.25) is 9.48 Å². The first kappa shape index (κ1) is 16.0. The number of hydrogen-bond donors (Lipinski definition) is 2. The first-order valence-corrected chi connectivity index (χ1v) is 6.55. The van der Waals surface area contributed by atoms with E-state index in [-0.39, 0.29) is 11.6 Å². The molecular weight excluding hydrogens is 260 g/mol. The topological polar surface area (TPSA) is 99.2 Å². The van der Waals surface area contributed by atoms with Gasteiger partial charge >= 0.3 is 5.97 Å². The van der Waals surface area contributed by atoms with E-state index in [0.717, 1.165) is 0 Å². The number of carbonyl (C=O) groups excluding carboxylic acids is 2. The summed E-state index contributed by atoms with van der Waals surface area (Å²) in [5.41, 5.74) is 7.08. The van der Waals surface area contributed by atoms with Crippen LogP contribution in [-0.2, 0) is 16.1 Å². The highest BCUT2D eigenvalue weighted by molar-refractivity contribution is 6.00. The monoisotopic (exact) mass is 282 g/mol. The van der Waals surface area contributed by atoms with E-state index in [4.69, 9.17) is 10.5 Å². The number of amides is 1. The van der Waals surface area contributed by atoms with Gasteiger partial charge in [-0.05, 0) is 19.8 Å². The Morgan fingerprint density at radius 3 is 2.50 bits per heavy atom. The standard InChI is InChI=1S/C13H22N4O3/c1-6-17-11(9(14)8(4)16-17)12(18)15-10(7(2)3)13(19)20-5/h7,10H,6,14H2,1-5H3,(H,15,18). The molecular formula is C13H22N4O3. The summed E-state index contributed by atoms with van der Waals surface area (Å²) in [4.78, 5) is 24.0. The number of carbonyl (C=O) groups is 2. The summed E-state index contributed by atoms with van der Waals surface area (Å²) in [5, 5.41) is 6.84. The van der Waals surface area contributed by atoms with Crippen LogP contribution in [0.4, 0.5) is 5.69 Å². The lowest BCUT2D eigenvalue weighted by Gasteiger charge is -2.20. The van der Waals surface area contributed by atoms with Crippen LogP contribution in [0.3, 0.4) is 0 Å². The molecule has 7 heteroatoms. The third kappa shape index (κ3) is 3.09. The number of rotatable bonds is 5. The molecule has 0 aromatic carbocycles. The average molecular weight is 282 g/mol. The summed E-state index contributed by atoms with van der Waals surface area (Å²) in [6.07, 6.45) is 0. The third-order valence-electron chi connectivity index (χ3n) is 3.10. The number of nitrogen functional groups attached to an aromatic ring is 1. The fourth-order valence-corrected chi connectivity index (χ4v) is 1.90. The number of nitrogens with one attached hydrogen (secondary N) is 1. The van der Waals surface area contributed by atoms with Crippen LogP contribution >= 0.6 is 0 Å². The zero-order chi connectivity index (χ0) is 15.4. The van der Waals surface area contributed by atoms with Gasteiger partial charge in [-0.1, -0.05) is 13.8 Å². The minimum absolute atomic E-state index is 0.0910.